The highest BCUT2D eigenvalue weighted by Crippen LogP contribution is 2.28. The number of nitrogens with zero attached hydrogens (tertiary/aromatic N) is 4. The molecule has 1 amide bonds. The van der Waals surface area contributed by atoms with Crippen molar-refractivity contribution in [2.75, 3.05) is 11.1 Å². The second kappa shape index (κ2) is 10.2. The van der Waals surface area contributed by atoms with Crippen molar-refractivity contribution < 1.29 is 9.53 Å². The first-order valence-electron chi connectivity index (χ1n) is 8.51. The Labute approximate surface area is 186 Å². The van der Waals surface area contributed by atoms with Crippen LogP contribution in [0.15, 0.2) is 41.7 Å². The third kappa shape index (κ3) is 5.76. The van der Waals surface area contributed by atoms with Crippen molar-refractivity contribution in [3.63, 3.8) is 0 Å². The number of carbonyl (C=O) groups excluding carboxylic acids is 1. The highest BCUT2D eigenvalue weighted by Gasteiger charge is 2.15. The van der Waals surface area contributed by atoms with Crippen LogP contribution in [0.1, 0.15) is 12.7 Å². The Balaban J connectivity index is 1.61. The van der Waals surface area contributed by atoms with Gasteiger partial charge in [0.05, 0.1) is 16.5 Å². The van der Waals surface area contributed by atoms with Crippen LogP contribution in [0.4, 0.5) is 5.69 Å². The summed E-state index contributed by atoms with van der Waals surface area (Å²) in [6.45, 7) is 2.74. The molecule has 0 saturated heterocycles. The highest BCUT2D eigenvalue weighted by atomic mass is 35.5. The van der Waals surface area contributed by atoms with E-state index in [-0.39, 0.29) is 23.4 Å². The number of hydrogen-bond donors (Lipinski definition) is 1. The van der Waals surface area contributed by atoms with Gasteiger partial charge in [-0.05, 0) is 31.2 Å². The number of thioether (sulfide) groups is 1. The molecule has 0 aliphatic carbocycles. The number of carbonyl (C=O) groups is 1. The maximum absolute atomic E-state index is 12.2. The fraction of sp³-hybridized carbons (Fsp3) is 0.222. The molecule has 11 heteroatoms. The summed E-state index contributed by atoms with van der Waals surface area (Å²) in [5.41, 5.74) is 0.462. The molecule has 0 atom stereocenters. The lowest BCUT2D eigenvalue weighted by atomic mass is 10.3. The van der Waals surface area contributed by atoms with Crippen LogP contribution in [0.5, 0.6) is 5.75 Å². The van der Waals surface area contributed by atoms with Crippen molar-refractivity contribution in [2.24, 2.45) is 0 Å². The van der Waals surface area contributed by atoms with E-state index < -0.39 is 0 Å². The summed E-state index contributed by atoms with van der Waals surface area (Å²) in [6.07, 6.45) is 1.55. The Morgan fingerprint density at radius 1 is 1.24 bits per heavy atom. The zero-order chi connectivity index (χ0) is 20.8. The van der Waals surface area contributed by atoms with Crippen LogP contribution in [0, 0.1) is 0 Å². The molecule has 3 rings (SSSR count). The molecule has 0 saturated carbocycles. The van der Waals surface area contributed by atoms with Gasteiger partial charge in [-0.1, -0.05) is 46.6 Å². The van der Waals surface area contributed by atoms with Crippen LogP contribution in [-0.2, 0) is 17.9 Å². The molecule has 152 valence electrons. The minimum atomic E-state index is -0.223. The first-order chi connectivity index (χ1) is 14.0. The molecule has 0 unspecified atom stereocenters. The largest absolute Gasteiger partial charge is 0.484 e. The van der Waals surface area contributed by atoms with Crippen LogP contribution in [0.2, 0.25) is 15.2 Å². The van der Waals surface area contributed by atoms with Crippen molar-refractivity contribution >= 4 is 58.2 Å². The topological polar surface area (TPSA) is 81.9 Å². The van der Waals surface area contributed by atoms with E-state index in [0.29, 0.717) is 39.0 Å². The van der Waals surface area contributed by atoms with Gasteiger partial charge in [-0.25, -0.2) is 4.98 Å². The number of pyridine rings is 1. The van der Waals surface area contributed by atoms with E-state index in [9.17, 15) is 4.79 Å². The van der Waals surface area contributed by atoms with Gasteiger partial charge in [0.25, 0.3) is 0 Å². The molecule has 2 aromatic heterocycles. The molecule has 1 N–H and O–H groups in total. The summed E-state index contributed by atoms with van der Waals surface area (Å²) in [5, 5.41) is 12.9. The van der Waals surface area contributed by atoms with Crippen LogP contribution in [-0.4, -0.2) is 31.4 Å². The second-order valence-corrected chi connectivity index (χ2v) is 7.83. The second-order valence-electron chi connectivity index (χ2n) is 5.69. The number of ether oxygens (including phenoxy) is 1. The van der Waals surface area contributed by atoms with Crippen molar-refractivity contribution in [1.82, 2.24) is 19.7 Å². The maximum Gasteiger partial charge on any atom is 0.234 e. The molecule has 29 heavy (non-hydrogen) atoms. The monoisotopic (exact) mass is 471 g/mol. The predicted molar refractivity (Wildman–Crippen MR) is 115 cm³/mol. The molecule has 0 radical (unpaired) electrons. The van der Waals surface area contributed by atoms with E-state index >= 15 is 0 Å². The Hall–Kier alpha value is -2.00. The SMILES string of the molecule is CCn1c(COc2cc(Cl)ccc2Cl)nnc1SCC(=O)Nc1cccnc1Cl. The summed E-state index contributed by atoms with van der Waals surface area (Å²) in [7, 11) is 0. The van der Waals surface area contributed by atoms with Gasteiger partial charge in [0.15, 0.2) is 16.1 Å². The lowest BCUT2D eigenvalue weighted by Gasteiger charge is -2.10. The minimum Gasteiger partial charge on any atom is -0.484 e. The van der Waals surface area contributed by atoms with Gasteiger partial charge < -0.3 is 14.6 Å². The van der Waals surface area contributed by atoms with E-state index in [4.69, 9.17) is 39.5 Å². The van der Waals surface area contributed by atoms with Gasteiger partial charge in [0, 0.05) is 23.8 Å². The average Bonchev–Trinajstić information content (AvgIpc) is 3.10. The number of aromatic nitrogens is 4. The molecule has 2 heterocycles. The van der Waals surface area contributed by atoms with Gasteiger partial charge in [-0.3, -0.25) is 4.79 Å². The summed E-state index contributed by atoms with van der Waals surface area (Å²) < 4.78 is 7.60. The number of rotatable bonds is 8. The summed E-state index contributed by atoms with van der Waals surface area (Å²) in [6, 6.07) is 8.37. The standard InChI is InChI=1S/C18H16Cl3N5O2S/c1-2-26-15(9-28-14-8-11(19)5-6-12(14)20)24-25-18(26)29-10-16(27)23-13-4-3-7-22-17(13)21/h3-8H,2,9-10H2,1H3,(H,23,27). The number of amides is 1. The van der Waals surface area contributed by atoms with E-state index in [1.807, 2.05) is 11.5 Å². The fourth-order valence-electron chi connectivity index (χ4n) is 2.38. The number of anilines is 1. The Kier molecular flexibility index (Phi) is 7.60. The van der Waals surface area contributed by atoms with Crippen molar-refractivity contribution in [3.05, 3.63) is 57.6 Å². The first kappa shape index (κ1) is 21.7. The average molecular weight is 473 g/mol. The zero-order valence-corrected chi connectivity index (χ0v) is 18.3. The molecule has 3 aromatic rings. The van der Waals surface area contributed by atoms with Gasteiger partial charge in [-0.2, -0.15) is 0 Å². The fourth-order valence-corrected chi connectivity index (χ4v) is 3.70. The maximum atomic E-state index is 12.2. The summed E-state index contributed by atoms with van der Waals surface area (Å²) in [4.78, 5) is 16.1. The van der Waals surface area contributed by atoms with E-state index in [1.54, 1.807) is 36.5 Å². The quantitative estimate of drug-likeness (QED) is 0.368. The summed E-state index contributed by atoms with van der Waals surface area (Å²) in [5.74, 6) is 0.997. The summed E-state index contributed by atoms with van der Waals surface area (Å²) >= 11 is 19.3. The molecule has 7 nitrogen and oxygen atoms in total. The van der Waals surface area contributed by atoms with Gasteiger partial charge in [-0.15, -0.1) is 10.2 Å². The van der Waals surface area contributed by atoms with Crippen molar-refractivity contribution in [3.8, 4) is 5.75 Å². The third-order valence-corrected chi connectivity index (χ3v) is 5.54. The van der Waals surface area contributed by atoms with Crippen LogP contribution in [0.25, 0.3) is 0 Å². The predicted octanol–water partition coefficient (Wildman–Crippen LogP) is 4.96. The molecule has 0 aliphatic heterocycles. The highest BCUT2D eigenvalue weighted by molar-refractivity contribution is 7.99. The van der Waals surface area contributed by atoms with Gasteiger partial charge in [0.1, 0.15) is 12.4 Å². The third-order valence-electron chi connectivity index (χ3n) is 3.73. The minimum absolute atomic E-state index is 0.143. The van der Waals surface area contributed by atoms with E-state index in [1.165, 1.54) is 11.8 Å². The van der Waals surface area contributed by atoms with Gasteiger partial charge >= 0.3 is 0 Å². The molecule has 0 spiro atoms. The molecular formula is C18H16Cl3N5O2S. The number of halogens is 3. The lowest BCUT2D eigenvalue weighted by Crippen LogP contribution is -2.15. The van der Waals surface area contributed by atoms with Crippen LogP contribution < -0.4 is 10.1 Å². The number of benzene rings is 1. The first-order valence-corrected chi connectivity index (χ1v) is 10.6. The smallest absolute Gasteiger partial charge is 0.234 e. The molecule has 0 aliphatic rings. The molecule has 1 aromatic carbocycles. The Bertz CT molecular complexity index is 1010. The Morgan fingerprint density at radius 2 is 2.07 bits per heavy atom. The molecule has 0 bridgehead atoms. The molecular weight excluding hydrogens is 457 g/mol. The van der Waals surface area contributed by atoms with Gasteiger partial charge in [0.2, 0.25) is 5.91 Å². The normalized spacial score (nSPS) is 10.8. The number of nitrogens with one attached hydrogen (secondary N) is 1. The zero-order valence-electron chi connectivity index (χ0n) is 15.2. The van der Waals surface area contributed by atoms with Crippen LogP contribution >= 0.6 is 46.6 Å². The number of hydrogen-bond acceptors (Lipinski definition) is 6. The van der Waals surface area contributed by atoms with E-state index in [0.717, 1.165) is 0 Å². The van der Waals surface area contributed by atoms with E-state index in [2.05, 4.69) is 20.5 Å². The lowest BCUT2D eigenvalue weighted by molar-refractivity contribution is -0.113. The molecule has 0 fully saturated rings. The van der Waals surface area contributed by atoms with Crippen molar-refractivity contribution in [2.45, 2.75) is 25.2 Å². The van der Waals surface area contributed by atoms with Crippen LogP contribution in [0.3, 0.4) is 0 Å². The Morgan fingerprint density at radius 3 is 2.83 bits per heavy atom. The van der Waals surface area contributed by atoms with Crippen molar-refractivity contribution in [1.29, 1.82) is 0 Å².